The van der Waals surface area contributed by atoms with Gasteiger partial charge in [0.05, 0.1) is 0 Å². The van der Waals surface area contributed by atoms with Crippen molar-refractivity contribution in [2.75, 3.05) is 0 Å². The maximum atomic E-state index is 12.3. The summed E-state index contributed by atoms with van der Waals surface area (Å²) < 4.78 is 0. The largest absolute Gasteiger partial charge is 0.508 e. The lowest BCUT2D eigenvalue weighted by atomic mass is 10.0. The number of hydrogen-bond donors (Lipinski definition) is 2. The molecule has 0 aliphatic carbocycles. The molecule has 4 nitrogen and oxygen atoms in total. The summed E-state index contributed by atoms with van der Waals surface area (Å²) in [6, 6.07) is 3.06. The molecule has 0 saturated carbocycles. The van der Waals surface area contributed by atoms with Crippen LogP contribution in [0.3, 0.4) is 0 Å². The Hall–Kier alpha value is -2.88. The van der Waals surface area contributed by atoms with Crippen LogP contribution in [0, 0.1) is 6.92 Å². The van der Waals surface area contributed by atoms with Gasteiger partial charge in [0.1, 0.15) is 11.5 Å². The number of carbonyl (C=O) groups is 2. The molecule has 4 heteroatoms. The summed E-state index contributed by atoms with van der Waals surface area (Å²) in [4.78, 5) is 24.1. The van der Waals surface area contributed by atoms with Crippen molar-refractivity contribution in [3.8, 4) is 11.5 Å². The van der Waals surface area contributed by atoms with Crippen LogP contribution in [-0.4, -0.2) is 21.8 Å². The van der Waals surface area contributed by atoms with Gasteiger partial charge in [-0.1, -0.05) is 34.4 Å². The first kappa shape index (κ1) is 26.2. The predicted molar refractivity (Wildman–Crippen MR) is 127 cm³/mol. The first-order valence-corrected chi connectivity index (χ1v) is 10.7. The van der Waals surface area contributed by atoms with Gasteiger partial charge >= 0.3 is 0 Å². The zero-order valence-electron chi connectivity index (χ0n) is 19.7. The average molecular weight is 425 g/mol. The first-order valence-electron chi connectivity index (χ1n) is 10.7. The number of allylic oxidation sites excluding steroid dienone is 8. The van der Waals surface area contributed by atoms with Crippen LogP contribution in [0.4, 0.5) is 0 Å². The Morgan fingerprint density at radius 3 is 2.03 bits per heavy atom. The summed E-state index contributed by atoms with van der Waals surface area (Å²) in [5.41, 5.74) is 5.25. The van der Waals surface area contributed by atoms with Crippen molar-refractivity contribution in [1.29, 1.82) is 0 Å². The molecule has 0 aromatic heterocycles. The highest BCUT2D eigenvalue weighted by Gasteiger charge is 2.07. The van der Waals surface area contributed by atoms with Crippen LogP contribution >= 0.6 is 0 Å². The lowest BCUT2D eigenvalue weighted by molar-refractivity contribution is -0.114. The second-order valence-electron chi connectivity index (χ2n) is 8.61. The molecule has 0 radical (unpaired) electrons. The summed E-state index contributed by atoms with van der Waals surface area (Å²) in [7, 11) is 0. The minimum Gasteiger partial charge on any atom is -0.508 e. The quantitative estimate of drug-likeness (QED) is 0.243. The molecule has 0 aliphatic heterocycles. The van der Waals surface area contributed by atoms with Crippen molar-refractivity contribution in [2.24, 2.45) is 0 Å². The predicted octanol–water partition coefficient (Wildman–Crippen LogP) is 6.45. The molecule has 168 valence electrons. The lowest BCUT2D eigenvalue weighted by Gasteiger charge is -2.07. The monoisotopic (exact) mass is 424 g/mol. The molecule has 0 fully saturated rings. The summed E-state index contributed by atoms with van der Waals surface area (Å²) in [5.74, 6) is 0.459. The van der Waals surface area contributed by atoms with Gasteiger partial charge in [-0.05, 0) is 90.7 Å². The second-order valence-corrected chi connectivity index (χ2v) is 8.61. The van der Waals surface area contributed by atoms with E-state index < -0.39 is 0 Å². The van der Waals surface area contributed by atoms with Crippen molar-refractivity contribution in [2.45, 2.75) is 73.6 Å². The maximum Gasteiger partial charge on any atom is 0.159 e. The average Bonchev–Trinajstić information content (AvgIpc) is 2.62. The number of ketones is 2. The Bertz CT molecular complexity index is 923. The summed E-state index contributed by atoms with van der Waals surface area (Å²) in [6.07, 6.45) is 10.1. The number of phenols is 2. The highest BCUT2D eigenvalue weighted by Crippen LogP contribution is 2.28. The molecule has 0 heterocycles. The van der Waals surface area contributed by atoms with Crippen LogP contribution in [0.5, 0.6) is 11.5 Å². The number of aryl methyl sites for hydroxylation is 1. The Kier molecular flexibility index (Phi) is 10.7. The minimum absolute atomic E-state index is 0.0435. The highest BCUT2D eigenvalue weighted by molar-refractivity contribution is 5.92. The van der Waals surface area contributed by atoms with Gasteiger partial charge in [-0.2, -0.15) is 0 Å². The van der Waals surface area contributed by atoms with Gasteiger partial charge < -0.3 is 10.2 Å². The molecule has 31 heavy (non-hydrogen) atoms. The number of phenolic OH excluding ortho intramolecular Hbond substituents is 2. The van der Waals surface area contributed by atoms with Crippen LogP contribution in [0.2, 0.25) is 0 Å². The fourth-order valence-corrected chi connectivity index (χ4v) is 3.28. The van der Waals surface area contributed by atoms with E-state index in [-0.39, 0.29) is 23.1 Å². The van der Waals surface area contributed by atoms with E-state index >= 15 is 0 Å². The van der Waals surface area contributed by atoms with E-state index in [1.54, 1.807) is 25.1 Å². The third-order valence-corrected chi connectivity index (χ3v) is 4.83. The van der Waals surface area contributed by atoms with E-state index in [1.807, 2.05) is 40.7 Å². The van der Waals surface area contributed by atoms with Gasteiger partial charge in [0.15, 0.2) is 11.6 Å². The van der Waals surface area contributed by atoms with Crippen molar-refractivity contribution < 1.29 is 19.8 Å². The second kappa shape index (κ2) is 12.7. The van der Waals surface area contributed by atoms with Gasteiger partial charge in [-0.3, -0.25) is 9.59 Å². The zero-order valence-corrected chi connectivity index (χ0v) is 19.7. The van der Waals surface area contributed by atoms with Gasteiger partial charge in [0.25, 0.3) is 0 Å². The third kappa shape index (κ3) is 10.6. The summed E-state index contributed by atoms with van der Waals surface area (Å²) in [5, 5.41) is 19.8. The lowest BCUT2D eigenvalue weighted by Crippen LogP contribution is -1.97. The van der Waals surface area contributed by atoms with Crippen LogP contribution in [0.15, 0.2) is 58.7 Å². The maximum absolute atomic E-state index is 12.3. The molecule has 0 atom stereocenters. The molecule has 0 aliphatic rings. The Balaban J connectivity index is 2.56. The highest BCUT2D eigenvalue weighted by atomic mass is 16.3. The normalized spacial score (nSPS) is 12.6. The minimum atomic E-state index is 0.0435. The molecule has 0 bridgehead atoms. The van der Waals surface area contributed by atoms with Crippen molar-refractivity contribution in [3.05, 3.63) is 69.9 Å². The van der Waals surface area contributed by atoms with Crippen molar-refractivity contribution >= 4 is 11.6 Å². The molecule has 1 rings (SSSR count). The van der Waals surface area contributed by atoms with Gasteiger partial charge in [0, 0.05) is 18.4 Å². The van der Waals surface area contributed by atoms with Crippen molar-refractivity contribution in [1.82, 2.24) is 0 Å². The first-order chi connectivity index (χ1) is 14.5. The summed E-state index contributed by atoms with van der Waals surface area (Å²) in [6.45, 7) is 11.4. The molecule has 1 aromatic carbocycles. The molecule has 0 amide bonds. The van der Waals surface area contributed by atoms with Crippen LogP contribution < -0.4 is 0 Å². The Morgan fingerprint density at radius 1 is 0.839 bits per heavy atom. The van der Waals surface area contributed by atoms with Crippen LogP contribution in [-0.2, 0) is 16.0 Å². The van der Waals surface area contributed by atoms with E-state index in [9.17, 15) is 19.8 Å². The third-order valence-electron chi connectivity index (χ3n) is 4.83. The molecule has 0 saturated heterocycles. The standard InChI is InChI=1S/C27H36O4/c1-18(2)12-24(28)13-19(3)8-7-9-20(4)14-25(29)15-21(5)10-11-23-17-26(30)16-22(6)27(23)31/h8,10,12,14,16-17,30-31H,7,9,11,13,15H2,1-6H3. The van der Waals surface area contributed by atoms with E-state index in [0.29, 0.717) is 30.4 Å². The molecule has 2 N–H and O–H groups in total. The Morgan fingerprint density at radius 2 is 1.42 bits per heavy atom. The number of carbonyl (C=O) groups excluding carboxylic acids is 2. The number of rotatable bonds is 11. The molecular formula is C27H36O4. The smallest absolute Gasteiger partial charge is 0.159 e. The van der Waals surface area contributed by atoms with Crippen molar-refractivity contribution in [3.63, 3.8) is 0 Å². The fraction of sp³-hybridized carbons (Fsp3) is 0.407. The molecule has 1 aromatic rings. The number of hydrogen-bond acceptors (Lipinski definition) is 4. The van der Waals surface area contributed by atoms with Gasteiger partial charge in [0.2, 0.25) is 0 Å². The molecule has 0 unspecified atom stereocenters. The summed E-state index contributed by atoms with van der Waals surface area (Å²) >= 11 is 0. The van der Waals surface area contributed by atoms with Crippen LogP contribution in [0.1, 0.15) is 71.4 Å². The number of benzene rings is 1. The van der Waals surface area contributed by atoms with E-state index in [2.05, 4.69) is 6.08 Å². The van der Waals surface area contributed by atoms with Gasteiger partial charge in [-0.25, -0.2) is 0 Å². The Labute approximate surface area is 186 Å². The fourth-order valence-electron chi connectivity index (χ4n) is 3.28. The SMILES string of the molecule is CC(C)=CC(=O)CC(C)=CCCC(C)=CC(=O)CC(C)=CCc1cc(O)cc(C)c1O. The topological polar surface area (TPSA) is 74.6 Å². The zero-order chi connectivity index (χ0) is 23.6. The number of aromatic hydroxyl groups is 2. The van der Waals surface area contributed by atoms with E-state index in [0.717, 1.165) is 35.1 Å². The van der Waals surface area contributed by atoms with Gasteiger partial charge in [-0.15, -0.1) is 0 Å². The van der Waals surface area contributed by atoms with E-state index in [4.69, 9.17) is 0 Å². The molecule has 0 spiro atoms. The van der Waals surface area contributed by atoms with E-state index in [1.165, 1.54) is 6.07 Å². The molecular weight excluding hydrogens is 388 g/mol. The van der Waals surface area contributed by atoms with Crippen LogP contribution in [0.25, 0.3) is 0 Å².